The standard InChI is InChI=1S/C29H31NS/c1-17(2)11-21-14-26(23-13-18(3)12-19(4)20(23)5)30(6)27-16-29-25(15-24(21)27)22-9-7-8-10-28(22)31-29/h7-10,12-17,26H,11H2,1-6H3. The molecule has 31 heavy (non-hydrogen) atoms. The number of anilines is 1. The molecule has 0 fully saturated rings. The minimum Gasteiger partial charge on any atom is -0.363 e. The summed E-state index contributed by atoms with van der Waals surface area (Å²) in [6.45, 7) is 11.4. The van der Waals surface area contributed by atoms with E-state index in [2.05, 4.69) is 101 Å². The fourth-order valence-corrected chi connectivity index (χ4v) is 6.27. The number of likely N-dealkylation sites (N-methyl/N-ethyl adjacent to an activating group) is 1. The van der Waals surface area contributed by atoms with E-state index in [1.165, 1.54) is 59.3 Å². The van der Waals surface area contributed by atoms with E-state index in [0.29, 0.717) is 5.92 Å². The minimum absolute atomic E-state index is 0.270. The van der Waals surface area contributed by atoms with Crippen LogP contribution in [0.2, 0.25) is 0 Å². The lowest BCUT2D eigenvalue weighted by Crippen LogP contribution is -2.28. The Balaban J connectivity index is 1.75. The Hall–Kier alpha value is -2.58. The number of fused-ring (bicyclic) bond motifs is 4. The van der Waals surface area contributed by atoms with Crippen molar-refractivity contribution in [1.29, 1.82) is 0 Å². The highest BCUT2D eigenvalue weighted by atomic mass is 32.1. The third kappa shape index (κ3) is 3.38. The molecule has 4 aromatic rings. The van der Waals surface area contributed by atoms with Gasteiger partial charge >= 0.3 is 0 Å². The third-order valence-electron chi connectivity index (χ3n) is 6.80. The van der Waals surface area contributed by atoms with Crippen molar-refractivity contribution >= 4 is 42.8 Å². The number of hydrogen-bond acceptors (Lipinski definition) is 2. The molecule has 1 unspecified atom stereocenters. The second-order valence-corrected chi connectivity index (χ2v) is 10.7. The molecule has 0 N–H and O–H groups in total. The second kappa shape index (κ2) is 7.53. The van der Waals surface area contributed by atoms with Crippen LogP contribution >= 0.6 is 11.3 Å². The van der Waals surface area contributed by atoms with Crippen LogP contribution in [-0.4, -0.2) is 7.05 Å². The molecule has 0 saturated carbocycles. The van der Waals surface area contributed by atoms with Crippen molar-refractivity contribution in [3.05, 3.63) is 82.4 Å². The summed E-state index contributed by atoms with van der Waals surface area (Å²) in [5.41, 5.74) is 9.83. The second-order valence-electron chi connectivity index (χ2n) is 9.61. The molecule has 1 nitrogen and oxygen atoms in total. The molecule has 1 aliphatic rings. The van der Waals surface area contributed by atoms with Gasteiger partial charge in [-0.05, 0) is 73.6 Å². The summed E-state index contributed by atoms with van der Waals surface area (Å²) in [6, 6.07) is 18.7. The van der Waals surface area contributed by atoms with Gasteiger partial charge in [0.15, 0.2) is 0 Å². The SMILES string of the molecule is Cc1cc(C)c(C)c(C2C=C(CC(C)C)c3cc4c(cc3N2C)sc2ccccc24)c1. The van der Waals surface area contributed by atoms with Crippen LogP contribution in [0, 0.1) is 26.7 Å². The van der Waals surface area contributed by atoms with Crippen molar-refractivity contribution < 1.29 is 0 Å². The molecule has 1 aliphatic heterocycles. The normalized spacial score (nSPS) is 16.3. The van der Waals surface area contributed by atoms with E-state index in [0.717, 1.165) is 6.42 Å². The fraction of sp³-hybridized carbons (Fsp3) is 0.310. The zero-order valence-electron chi connectivity index (χ0n) is 19.4. The molecule has 2 heterocycles. The first-order chi connectivity index (χ1) is 14.8. The van der Waals surface area contributed by atoms with E-state index in [1.54, 1.807) is 0 Å². The molecule has 1 aromatic heterocycles. The van der Waals surface area contributed by atoms with E-state index in [-0.39, 0.29) is 6.04 Å². The summed E-state index contributed by atoms with van der Waals surface area (Å²) in [6.07, 6.45) is 3.64. The summed E-state index contributed by atoms with van der Waals surface area (Å²) in [5.74, 6) is 0.624. The van der Waals surface area contributed by atoms with Crippen molar-refractivity contribution in [2.75, 3.05) is 11.9 Å². The van der Waals surface area contributed by atoms with Crippen LogP contribution in [0.1, 0.15) is 54.1 Å². The highest BCUT2D eigenvalue weighted by Gasteiger charge is 2.28. The molecular weight excluding hydrogens is 394 g/mol. The predicted molar refractivity (Wildman–Crippen MR) is 139 cm³/mol. The monoisotopic (exact) mass is 425 g/mol. The number of aryl methyl sites for hydroxylation is 2. The van der Waals surface area contributed by atoms with Crippen molar-refractivity contribution in [2.45, 2.75) is 47.1 Å². The smallest absolute Gasteiger partial charge is 0.0732 e. The van der Waals surface area contributed by atoms with E-state index in [1.807, 2.05) is 11.3 Å². The molecule has 0 saturated heterocycles. The Labute approximate surface area is 190 Å². The lowest BCUT2D eigenvalue weighted by atomic mass is 9.85. The van der Waals surface area contributed by atoms with Crippen LogP contribution in [0.3, 0.4) is 0 Å². The average Bonchev–Trinajstić information content (AvgIpc) is 3.09. The maximum atomic E-state index is 2.53. The highest BCUT2D eigenvalue weighted by molar-refractivity contribution is 7.25. The van der Waals surface area contributed by atoms with Gasteiger partial charge in [0.05, 0.1) is 6.04 Å². The Morgan fingerprint density at radius 3 is 2.48 bits per heavy atom. The first kappa shape index (κ1) is 20.3. The quantitative estimate of drug-likeness (QED) is 0.317. The first-order valence-electron chi connectivity index (χ1n) is 11.3. The van der Waals surface area contributed by atoms with E-state index in [4.69, 9.17) is 0 Å². The van der Waals surface area contributed by atoms with E-state index in [9.17, 15) is 0 Å². The summed E-state index contributed by atoms with van der Waals surface area (Å²) in [4.78, 5) is 2.49. The van der Waals surface area contributed by atoms with Gasteiger partial charge in [-0.2, -0.15) is 0 Å². The molecule has 0 aliphatic carbocycles. The van der Waals surface area contributed by atoms with Crippen molar-refractivity contribution in [1.82, 2.24) is 0 Å². The number of hydrogen-bond donors (Lipinski definition) is 0. The maximum absolute atomic E-state index is 2.53. The van der Waals surface area contributed by atoms with Crippen LogP contribution in [0.15, 0.2) is 54.6 Å². The van der Waals surface area contributed by atoms with E-state index < -0.39 is 0 Å². The predicted octanol–water partition coefficient (Wildman–Crippen LogP) is 8.60. The first-order valence-corrected chi connectivity index (χ1v) is 12.1. The van der Waals surface area contributed by atoms with Crippen molar-refractivity contribution in [3.63, 3.8) is 0 Å². The van der Waals surface area contributed by atoms with Crippen LogP contribution in [-0.2, 0) is 0 Å². The summed E-state index contributed by atoms with van der Waals surface area (Å²) in [5, 5.41) is 2.77. The van der Waals surface area contributed by atoms with Crippen LogP contribution in [0.25, 0.3) is 25.7 Å². The van der Waals surface area contributed by atoms with Crippen LogP contribution in [0.5, 0.6) is 0 Å². The molecule has 0 amide bonds. The summed E-state index contributed by atoms with van der Waals surface area (Å²) in [7, 11) is 2.27. The number of thiophene rings is 1. The van der Waals surface area contributed by atoms with Gasteiger partial charge in [0.2, 0.25) is 0 Å². The van der Waals surface area contributed by atoms with Gasteiger partial charge in [-0.1, -0.05) is 55.8 Å². The van der Waals surface area contributed by atoms with Gasteiger partial charge in [-0.25, -0.2) is 0 Å². The maximum Gasteiger partial charge on any atom is 0.0732 e. The van der Waals surface area contributed by atoms with Gasteiger partial charge in [0, 0.05) is 38.5 Å². The Morgan fingerprint density at radius 2 is 1.71 bits per heavy atom. The third-order valence-corrected chi connectivity index (χ3v) is 7.93. The lowest BCUT2D eigenvalue weighted by Gasteiger charge is -2.37. The van der Waals surface area contributed by atoms with Crippen LogP contribution in [0.4, 0.5) is 5.69 Å². The molecule has 2 heteroatoms. The van der Waals surface area contributed by atoms with Gasteiger partial charge in [0.1, 0.15) is 0 Å². The number of allylic oxidation sites excluding steroid dienone is 1. The molecule has 3 aromatic carbocycles. The van der Waals surface area contributed by atoms with Crippen LogP contribution < -0.4 is 4.90 Å². The summed E-state index contributed by atoms with van der Waals surface area (Å²) >= 11 is 1.91. The van der Waals surface area contributed by atoms with Gasteiger partial charge in [-0.3, -0.25) is 0 Å². The number of rotatable bonds is 3. The minimum atomic E-state index is 0.270. The largest absolute Gasteiger partial charge is 0.363 e. The Morgan fingerprint density at radius 1 is 0.935 bits per heavy atom. The number of benzene rings is 3. The summed E-state index contributed by atoms with van der Waals surface area (Å²) < 4.78 is 2.76. The lowest BCUT2D eigenvalue weighted by molar-refractivity contribution is 0.666. The molecule has 158 valence electrons. The molecule has 5 rings (SSSR count). The molecule has 0 spiro atoms. The molecule has 0 radical (unpaired) electrons. The molecule has 0 bridgehead atoms. The number of nitrogens with zero attached hydrogens (tertiary/aromatic N) is 1. The highest BCUT2D eigenvalue weighted by Crippen LogP contribution is 2.46. The van der Waals surface area contributed by atoms with Crippen molar-refractivity contribution in [2.24, 2.45) is 5.92 Å². The Bertz CT molecular complexity index is 1340. The topological polar surface area (TPSA) is 3.24 Å². The fourth-order valence-electron chi connectivity index (χ4n) is 5.15. The van der Waals surface area contributed by atoms with Gasteiger partial charge < -0.3 is 4.90 Å². The zero-order chi connectivity index (χ0) is 21.9. The zero-order valence-corrected chi connectivity index (χ0v) is 20.2. The average molecular weight is 426 g/mol. The molecular formula is C29H31NS. The molecule has 1 atom stereocenters. The van der Waals surface area contributed by atoms with Gasteiger partial charge in [0.25, 0.3) is 0 Å². The van der Waals surface area contributed by atoms with Crippen molar-refractivity contribution in [3.8, 4) is 0 Å². The van der Waals surface area contributed by atoms with Gasteiger partial charge in [-0.15, -0.1) is 11.3 Å². The van der Waals surface area contributed by atoms with E-state index >= 15 is 0 Å². The Kier molecular flexibility index (Phi) is 4.94.